The summed E-state index contributed by atoms with van der Waals surface area (Å²) in [6.45, 7) is 4.05. The second-order valence-corrected chi connectivity index (χ2v) is 5.94. The monoisotopic (exact) mass is 161 g/mol. The van der Waals surface area contributed by atoms with Crippen molar-refractivity contribution in [3.8, 4) is 0 Å². The molecule has 1 atom stereocenters. The third kappa shape index (κ3) is 1.97. The van der Waals surface area contributed by atoms with E-state index in [0.717, 1.165) is 12.8 Å². The number of hydrogen-bond acceptors (Lipinski definition) is 2. The molecule has 10 heavy (non-hydrogen) atoms. The molecule has 1 N–H and O–H groups in total. The van der Waals surface area contributed by atoms with E-state index in [2.05, 4.69) is 0 Å². The van der Waals surface area contributed by atoms with Gasteiger partial charge in [0, 0.05) is 20.7 Å². The van der Waals surface area contributed by atoms with Gasteiger partial charge in [0.1, 0.15) is 0 Å². The molecule has 0 heterocycles. The Bertz CT molecular complexity index is 202. The molecule has 0 aromatic carbocycles. The van der Waals surface area contributed by atoms with Crippen LogP contribution in [-0.2, 0) is 9.73 Å². The molecule has 1 aliphatic rings. The van der Waals surface area contributed by atoms with Gasteiger partial charge in [-0.25, -0.2) is 4.21 Å². The molecule has 0 radical (unpaired) electrons. The van der Waals surface area contributed by atoms with Crippen molar-refractivity contribution in [2.45, 2.75) is 31.9 Å². The van der Waals surface area contributed by atoms with E-state index in [4.69, 9.17) is 4.78 Å². The molecule has 1 saturated carbocycles. The summed E-state index contributed by atoms with van der Waals surface area (Å²) in [6, 6.07) is 0. The van der Waals surface area contributed by atoms with Gasteiger partial charge < -0.3 is 0 Å². The Labute approximate surface area is 63.0 Å². The van der Waals surface area contributed by atoms with Crippen LogP contribution in [0, 0.1) is 10.7 Å². The van der Waals surface area contributed by atoms with Crippen LogP contribution in [-0.4, -0.2) is 15.2 Å². The minimum atomic E-state index is -2.19. The summed E-state index contributed by atoms with van der Waals surface area (Å²) in [5, 5.41) is 0.245. The van der Waals surface area contributed by atoms with Gasteiger partial charge in [-0.2, -0.15) is 0 Å². The van der Waals surface area contributed by atoms with Crippen LogP contribution in [0.1, 0.15) is 26.7 Å². The highest BCUT2D eigenvalue weighted by Crippen LogP contribution is 2.30. The van der Waals surface area contributed by atoms with Crippen molar-refractivity contribution in [3.63, 3.8) is 0 Å². The second kappa shape index (κ2) is 2.53. The summed E-state index contributed by atoms with van der Waals surface area (Å²) in [4.78, 5) is 0. The van der Waals surface area contributed by atoms with Crippen LogP contribution in [0.3, 0.4) is 0 Å². The second-order valence-electron chi connectivity index (χ2n) is 3.49. The fraction of sp³-hybridized carbons (Fsp3) is 1.00. The highest BCUT2D eigenvalue weighted by atomic mass is 32.2. The van der Waals surface area contributed by atoms with Gasteiger partial charge in [-0.3, -0.25) is 4.78 Å². The molecule has 0 bridgehead atoms. The number of rotatable bonds is 3. The molecule has 1 fully saturated rings. The van der Waals surface area contributed by atoms with Gasteiger partial charge in [-0.15, -0.1) is 0 Å². The van der Waals surface area contributed by atoms with Gasteiger partial charge in [0.05, 0.1) is 0 Å². The first-order valence-electron chi connectivity index (χ1n) is 3.77. The third-order valence-electron chi connectivity index (χ3n) is 1.64. The van der Waals surface area contributed by atoms with Gasteiger partial charge in [0.15, 0.2) is 0 Å². The molecule has 0 amide bonds. The lowest BCUT2D eigenvalue weighted by Gasteiger charge is -2.07. The van der Waals surface area contributed by atoms with Crippen molar-refractivity contribution >= 4 is 9.73 Å². The molecule has 0 spiro atoms. The lowest BCUT2D eigenvalue weighted by atomic mass is 10.3. The van der Waals surface area contributed by atoms with Gasteiger partial charge in [0.25, 0.3) is 0 Å². The van der Waals surface area contributed by atoms with E-state index in [-0.39, 0.29) is 5.25 Å². The summed E-state index contributed by atoms with van der Waals surface area (Å²) < 4.78 is 18.9. The first kappa shape index (κ1) is 8.05. The zero-order valence-corrected chi connectivity index (χ0v) is 7.41. The molecule has 0 unspecified atom stereocenters. The lowest BCUT2D eigenvalue weighted by molar-refractivity contribution is 0.654. The quantitative estimate of drug-likeness (QED) is 0.674. The standard InChI is InChI=1S/C7H15NOS/c1-6(2)5-10(8,9)7-3-4-7/h6-8H,3-5H2,1-2H3/t10-/m0/s1. The molecule has 3 heteroatoms. The molecular weight excluding hydrogens is 146 g/mol. The van der Waals surface area contributed by atoms with E-state index in [1.807, 2.05) is 13.8 Å². The van der Waals surface area contributed by atoms with Crippen molar-refractivity contribution in [2.24, 2.45) is 5.92 Å². The SMILES string of the molecule is CC(C)C[S@](=N)(=O)C1CC1. The largest absolute Gasteiger partial charge is 0.253 e. The van der Waals surface area contributed by atoms with Crippen LogP contribution in [0.2, 0.25) is 0 Å². The zero-order valence-electron chi connectivity index (χ0n) is 6.59. The topological polar surface area (TPSA) is 40.9 Å². The van der Waals surface area contributed by atoms with Crippen LogP contribution < -0.4 is 0 Å². The first-order chi connectivity index (χ1) is 4.52. The van der Waals surface area contributed by atoms with Crippen molar-refractivity contribution in [1.82, 2.24) is 0 Å². The molecule has 0 aromatic heterocycles. The highest BCUT2D eigenvalue weighted by molar-refractivity contribution is 7.93. The van der Waals surface area contributed by atoms with Crippen molar-refractivity contribution in [1.29, 1.82) is 4.78 Å². The Kier molecular flexibility index (Phi) is 2.04. The van der Waals surface area contributed by atoms with Crippen molar-refractivity contribution < 1.29 is 4.21 Å². The van der Waals surface area contributed by atoms with Crippen LogP contribution in [0.25, 0.3) is 0 Å². The average Bonchev–Trinajstić information content (AvgIpc) is 2.35. The normalized spacial score (nSPS) is 24.7. The molecule has 60 valence electrons. The van der Waals surface area contributed by atoms with Crippen LogP contribution in [0.4, 0.5) is 0 Å². The van der Waals surface area contributed by atoms with Gasteiger partial charge in [-0.1, -0.05) is 13.8 Å². The fourth-order valence-electron chi connectivity index (χ4n) is 1.08. The third-order valence-corrected chi connectivity index (χ3v) is 4.35. The molecule has 2 nitrogen and oxygen atoms in total. The minimum absolute atomic E-state index is 0.245. The summed E-state index contributed by atoms with van der Waals surface area (Å²) >= 11 is 0. The predicted molar refractivity (Wildman–Crippen MR) is 43.6 cm³/mol. The summed E-state index contributed by atoms with van der Waals surface area (Å²) in [5.74, 6) is 1.00. The maximum atomic E-state index is 11.4. The minimum Gasteiger partial charge on any atom is -0.253 e. The highest BCUT2D eigenvalue weighted by Gasteiger charge is 2.32. The lowest BCUT2D eigenvalue weighted by Crippen LogP contribution is -2.14. The molecular formula is C7H15NOS. The summed E-state index contributed by atoms with van der Waals surface area (Å²) in [5.41, 5.74) is 0. The fourth-order valence-corrected chi connectivity index (χ4v) is 3.24. The Morgan fingerprint density at radius 1 is 1.60 bits per heavy atom. The Balaban J connectivity index is 2.51. The number of hydrogen-bond donors (Lipinski definition) is 1. The summed E-state index contributed by atoms with van der Waals surface area (Å²) in [6.07, 6.45) is 2.05. The predicted octanol–water partition coefficient (Wildman–Crippen LogP) is 1.85. The van der Waals surface area contributed by atoms with Crippen LogP contribution in [0.5, 0.6) is 0 Å². The molecule has 1 aliphatic carbocycles. The van der Waals surface area contributed by atoms with E-state index in [9.17, 15) is 4.21 Å². The Morgan fingerprint density at radius 2 is 2.10 bits per heavy atom. The maximum absolute atomic E-state index is 11.4. The zero-order chi connectivity index (χ0) is 7.78. The van der Waals surface area contributed by atoms with E-state index < -0.39 is 9.73 Å². The number of nitrogens with one attached hydrogen (secondary N) is 1. The van der Waals surface area contributed by atoms with Gasteiger partial charge >= 0.3 is 0 Å². The van der Waals surface area contributed by atoms with E-state index in [1.165, 1.54) is 0 Å². The van der Waals surface area contributed by atoms with Crippen molar-refractivity contribution in [3.05, 3.63) is 0 Å². The Hall–Kier alpha value is -0.0500. The maximum Gasteiger partial charge on any atom is 0.0473 e. The molecule has 0 aliphatic heterocycles. The van der Waals surface area contributed by atoms with Crippen LogP contribution >= 0.6 is 0 Å². The molecule has 0 aromatic rings. The van der Waals surface area contributed by atoms with Gasteiger partial charge in [-0.05, 0) is 18.8 Å². The smallest absolute Gasteiger partial charge is 0.0473 e. The van der Waals surface area contributed by atoms with Crippen molar-refractivity contribution in [2.75, 3.05) is 5.75 Å². The molecule has 1 rings (SSSR count). The van der Waals surface area contributed by atoms with E-state index >= 15 is 0 Å². The summed E-state index contributed by atoms with van der Waals surface area (Å²) in [7, 11) is -2.19. The van der Waals surface area contributed by atoms with Gasteiger partial charge in [0.2, 0.25) is 0 Å². The first-order valence-corrected chi connectivity index (χ1v) is 5.56. The average molecular weight is 161 g/mol. The van der Waals surface area contributed by atoms with Crippen LogP contribution in [0.15, 0.2) is 0 Å². The van der Waals surface area contributed by atoms with E-state index in [1.54, 1.807) is 0 Å². The molecule has 0 saturated heterocycles. The Morgan fingerprint density at radius 3 is 2.40 bits per heavy atom. The van der Waals surface area contributed by atoms with E-state index in [0.29, 0.717) is 11.7 Å².